The van der Waals surface area contributed by atoms with E-state index in [1.165, 1.54) is 0 Å². The Balaban J connectivity index is 1.88. The fourth-order valence-electron chi connectivity index (χ4n) is 2.23. The van der Waals surface area contributed by atoms with Crippen molar-refractivity contribution in [3.8, 4) is 0 Å². The van der Waals surface area contributed by atoms with Gasteiger partial charge in [-0.05, 0) is 25.3 Å². The highest BCUT2D eigenvalue weighted by molar-refractivity contribution is 5.74. The first kappa shape index (κ1) is 17.5. The number of benzene rings is 1. The third-order valence-electron chi connectivity index (χ3n) is 3.34. The van der Waals surface area contributed by atoms with Gasteiger partial charge >= 0.3 is 12.0 Å². The van der Waals surface area contributed by atoms with Gasteiger partial charge in [0.25, 0.3) is 0 Å². The summed E-state index contributed by atoms with van der Waals surface area (Å²) >= 11 is 0. The van der Waals surface area contributed by atoms with Crippen LogP contribution in [-0.4, -0.2) is 33.3 Å². The summed E-state index contributed by atoms with van der Waals surface area (Å²) < 4.78 is 4.91. The van der Waals surface area contributed by atoms with Crippen LogP contribution in [0, 0.1) is 6.92 Å². The second-order valence-electron chi connectivity index (χ2n) is 5.38. The molecule has 1 atom stereocenters. The van der Waals surface area contributed by atoms with Crippen molar-refractivity contribution in [1.82, 2.24) is 20.8 Å². The van der Waals surface area contributed by atoms with Crippen molar-refractivity contribution in [1.29, 1.82) is 0 Å². The number of carboxylic acid groups (broad SMARTS) is 1. The molecule has 128 valence electrons. The maximum Gasteiger partial charge on any atom is 0.315 e. The number of hydrogen-bond donors (Lipinski definition) is 3. The predicted molar refractivity (Wildman–Crippen MR) is 85.2 cm³/mol. The van der Waals surface area contributed by atoms with Crippen LogP contribution in [-0.2, 0) is 17.8 Å². The summed E-state index contributed by atoms with van der Waals surface area (Å²) in [5, 5.41) is 17.9. The van der Waals surface area contributed by atoms with Crippen molar-refractivity contribution in [2.24, 2.45) is 0 Å². The number of aromatic nitrogens is 2. The fraction of sp³-hybridized carbons (Fsp3) is 0.375. The van der Waals surface area contributed by atoms with Crippen molar-refractivity contribution in [3.05, 3.63) is 47.6 Å². The van der Waals surface area contributed by atoms with Crippen molar-refractivity contribution in [2.45, 2.75) is 38.8 Å². The SMILES string of the molecule is Cc1noc(CNC(=O)NC(CCC(=O)O)Cc2ccccc2)n1. The lowest BCUT2D eigenvalue weighted by molar-refractivity contribution is -0.137. The molecule has 0 bridgehead atoms. The Morgan fingerprint density at radius 1 is 1.29 bits per heavy atom. The molecule has 1 heterocycles. The molecule has 8 nitrogen and oxygen atoms in total. The van der Waals surface area contributed by atoms with Gasteiger partial charge in [-0.25, -0.2) is 4.79 Å². The molecular weight excluding hydrogens is 312 g/mol. The Bertz CT molecular complexity index is 672. The van der Waals surface area contributed by atoms with E-state index in [9.17, 15) is 9.59 Å². The molecule has 2 rings (SSSR count). The molecule has 2 aromatic rings. The van der Waals surface area contributed by atoms with Crippen LogP contribution in [0.15, 0.2) is 34.9 Å². The molecule has 0 radical (unpaired) electrons. The van der Waals surface area contributed by atoms with Crippen LogP contribution in [0.2, 0.25) is 0 Å². The normalized spacial score (nSPS) is 11.7. The maximum atomic E-state index is 12.0. The Kier molecular flexibility index (Phi) is 6.30. The van der Waals surface area contributed by atoms with E-state index in [0.717, 1.165) is 5.56 Å². The number of rotatable bonds is 8. The second kappa shape index (κ2) is 8.66. The summed E-state index contributed by atoms with van der Waals surface area (Å²) in [7, 11) is 0. The van der Waals surface area contributed by atoms with Crippen molar-refractivity contribution in [2.75, 3.05) is 0 Å². The zero-order chi connectivity index (χ0) is 17.4. The van der Waals surface area contributed by atoms with Crippen LogP contribution < -0.4 is 10.6 Å². The number of carbonyl (C=O) groups excluding carboxylic acids is 1. The van der Waals surface area contributed by atoms with E-state index in [4.69, 9.17) is 9.63 Å². The van der Waals surface area contributed by atoms with Gasteiger partial charge in [-0.15, -0.1) is 0 Å². The summed E-state index contributed by atoms with van der Waals surface area (Å²) in [5.74, 6) is -0.0833. The van der Waals surface area contributed by atoms with E-state index in [2.05, 4.69) is 20.8 Å². The van der Waals surface area contributed by atoms with Crippen LogP contribution in [0.25, 0.3) is 0 Å². The highest BCUT2D eigenvalue weighted by atomic mass is 16.5. The van der Waals surface area contributed by atoms with Crippen LogP contribution in [0.1, 0.15) is 30.1 Å². The molecule has 0 saturated heterocycles. The van der Waals surface area contributed by atoms with E-state index in [-0.39, 0.29) is 19.0 Å². The molecular formula is C16H20N4O4. The summed E-state index contributed by atoms with van der Waals surface area (Å²) in [4.78, 5) is 26.8. The molecule has 1 aromatic carbocycles. The maximum absolute atomic E-state index is 12.0. The van der Waals surface area contributed by atoms with E-state index in [1.807, 2.05) is 30.3 Å². The number of carbonyl (C=O) groups is 2. The minimum absolute atomic E-state index is 0.0133. The van der Waals surface area contributed by atoms with Gasteiger partial charge in [0, 0.05) is 12.5 Å². The third kappa shape index (κ3) is 6.07. The Hall–Kier alpha value is -2.90. The molecule has 3 N–H and O–H groups in total. The highest BCUT2D eigenvalue weighted by Crippen LogP contribution is 2.08. The van der Waals surface area contributed by atoms with Gasteiger partial charge in [-0.2, -0.15) is 4.98 Å². The lowest BCUT2D eigenvalue weighted by Gasteiger charge is -2.18. The zero-order valence-electron chi connectivity index (χ0n) is 13.4. The Morgan fingerprint density at radius 3 is 2.67 bits per heavy atom. The van der Waals surface area contributed by atoms with Gasteiger partial charge in [-0.1, -0.05) is 35.5 Å². The first-order chi connectivity index (χ1) is 11.5. The number of aliphatic carboxylic acids is 1. The van der Waals surface area contributed by atoms with E-state index in [1.54, 1.807) is 6.92 Å². The van der Waals surface area contributed by atoms with Gasteiger partial charge in [0.05, 0.1) is 6.54 Å². The second-order valence-corrected chi connectivity index (χ2v) is 5.38. The number of aryl methyl sites for hydroxylation is 1. The number of nitrogens with one attached hydrogen (secondary N) is 2. The number of carboxylic acids is 1. The number of hydrogen-bond acceptors (Lipinski definition) is 5. The minimum Gasteiger partial charge on any atom is -0.481 e. The fourth-order valence-corrected chi connectivity index (χ4v) is 2.23. The lowest BCUT2D eigenvalue weighted by Crippen LogP contribution is -2.43. The molecule has 0 aliphatic rings. The summed E-state index contributed by atoms with van der Waals surface area (Å²) in [5.41, 5.74) is 1.03. The molecule has 1 unspecified atom stereocenters. The minimum atomic E-state index is -0.892. The standard InChI is InChI=1S/C16H20N4O4/c1-11-18-14(24-20-11)10-17-16(23)19-13(7-8-15(21)22)9-12-5-3-2-4-6-12/h2-6,13H,7-10H2,1H3,(H,21,22)(H2,17,19,23). The van der Waals surface area contributed by atoms with Crippen LogP contribution in [0.4, 0.5) is 4.79 Å². The smallest absolute Gasteiger partial charge is 0.315 e. The van der Waals surface area contributed by atoms with E-state index < -0.39 is 12.0 Å². The van der Waals surface area contributed by atoms with Gasteiger partial charge in [0.15, 0.2) is 5.82 Å². The Morgan fingerprint density at radius 2 is 2.04 bits per heavy atom. The summed E-state index contributed by atoms with van der Waals surface area (Å²) in [6, 6.07) is 8.90. The average molecular weight is 332 g/mol. The zero-order valence-corrected chi connectivity index (χ0v) is 13.4. The molecule has 2 amide bonds. The monoisotopic (exact) mass is 332 g/mol. The molecule has 0 aliphatic carbocycles. The summed E-state index contributed by atoms with van der Waals surface area (Å²) in [6.07, 6.45) is 0.888. The van der Waals surface area contributed by atoms with Gasteiger partial charge in [0.1, 0.15) is 0 Å². The van der Waals surface area contributed by atoms with Crippen LogP contribution in [0.5, 0.6) is 0 Å². The Labute approximate surface area is 139 Å². The van der Waals surface area contributed by atoms with Crippen molar-refractivity contribution < 1.29 is 19.2 Å². The number of amides is 2. The average Bonchev–Trinajstić information content (AvgIpc) is 2.97. The van der Waals surface area contributed by atoms with Crippen molar-refractivity contribution >= 4 is 12.0 Å². The highest BCUT2D eigenvalue weighted by Gasteiger charge is 2.15. The molecule has 24 heavy (non-hydrogen) atoms. The molecule has 0 fully saturated rings. The van der Waals surface area contributed by atoms with Gasteiger partial charge in [0.2, 0.25) is 5.89 Å². The summed E-state index contributed by atoms with van der Waals surface area (Å²) in [6.45, 7) is 1.80. The molecule has 0 aliphatic heterocycles. The third-order valence-corrected chi connectivity index (χ3v) is 3.34. The van der Waals surface area contributed by atoms with Crippen LogP contribution >= 0.6 is 0 Å². The first-order valence-electron chi connectivity index (χ1n) is 7.62. The quantitative estimate of drug-likeness (QED) is 0.676. The van der Waals surface area contributed by atoms with Crippen molar-refractivity contribution in [3.63, 3.8) is 0 Å². The number of nitrogens with zero attached hydrogens (tertiary/aromatic N) is 2. The first-order valence-corrected chi connectivity index (χ1v) is 7.62. The van der Waals surface area contributed by atoms with Crippen LogP contribution in [0.3, 0.4) is 0 Å². The molecule has 8 heteroatoms. The molecule has 0 spiro atoms. The lowest BCUT2D eigenvalue weighted by atomic mass is 10.0. The van der Waals surface area contributed by atoms with Gasteiger partial charge in [-0.3, -0.25) is 4.79 Å². The molecule has 0 saturated carbocycles. The largest absolute Gasteiger partial charge is 0.481 e. The molecule has 1 aromatic heterocycles. The van der Waals surface area contributed by atoms with E-state index >= 15 is 0 Å². The predicted octanol–water partition coefficient (Wildman–Crippen LogP) is 1.65. The van der Waals surface area contributed by atoms with E-state index in [0.29, 0.717) is 24.6 Å². The number of urea groups is 1. The van der Waals surface area contributed by atoms with Gasteiger partial charge < -0.3 is 20.3 Å². The topological polar surface area (TPSA) is 117 Å².